The van der Waals surface area contributed by atoms with Gasteiger partial charge >= 0.3 is 6.09 Å². The number of carbonyl (C=O) groups excluding carboxylic acids is 1. The molecule has 1 heterocycles. The highest BCUT2D eigenvalue weighted by atomic mass is 16.5. The van der Waals surface area contributed by atoms with Crippen LogP contribution in [0.5, 0.6) is 0 Å². The summed E-state index contributed by atoms with van der Waals surface area (Å²) >= 11 is 0. The van der Waals surface area contributed by atoms with Gasteiger partial charge in [-0.3, -0.25) is 0 Å². The van der Waals surface area contributed by atoms with Gasteiger partial charge in [-0.1, -0.05) is 48.5 Å². The van der Waals surface area contributed by atoms with Gasteiger partial charge in [-0.15, -0.1) is 0 Å². The topological polar surface area (TPSA) is 73.6 Å². The van der Waals surface area contributed by atoms with Gasteiger partial charge in [0.15, 0.2) is 0 Å². The third-order valence-corrected chi connectivity index (χ3v) is 5.15. The molecule has 1 aliphatic heterocycles. The fourth-order valence-electron chi connectivity index (χ4n) is 3.78. The van der Waals surface area contributed by atoms with Gasteiger partial charge in [0.2, 0.25) is 0 Å². The van der Waals surface area contributed by atoms with E-state index in [1.54, 1.807) is 0 Å². The Morgan fingerprint density at radius 3 is 2.36 bits per heavy atom. The van der Waals surface area contributed by atoms with E-state index in [4.69, 9.17) is 15.2 Å². The second kappa shape index (κ2) is 6.86. The third kappa shape index (κ3) is 3.01. The first-order chi connectivity index (χ1) is 12.3. The van der Waals surface area contributed by atoms with E-state index in [0.29, 0.717) is 26.4 Å². The fraction of sp³-hybridized carbons (Fsp3) is 0.350. The van der Waals surface area contributed by atoms with Gasteiger partial charge < -0.3 is 20.5 Å². The molecular formula is C20H22N2O3. The predicted molar refractivity (Wildman–Crippen MR) is 95.4 cm³/mol. The molecule has 2 aromatic rings. The van der Waals surface area contributed by atoms with Crippen LogP contribution < -0.4 is 11.1 Å². The molecule has 5 nitrogen and oxygen atoms in total. The number of nitrogens with one attached hydrogen (secondary N) is 1. The largest absolute Gasteiger partial charge is 0.449 e. The van der Waals surface area contributed by atoms with E-state index in [9.17, 15) is 4.79 Å². The normalized spacial score (nSPS) is 21.6. The summed E-state index contributed by atoms with van der Waals surface area (Å²) in [5.41, 5.74) is 10.6. The van der Waals surface area contributed by atoms with E-state index in [1.807, 2.05) is 24.3 Å². The van der Waals surface area contributed by atoms with Crippen LogP contribution in [0, 0.1) is 5.92 Å². The van der Waals surface area contributed by atoms with E-state index in [0.717, 1.165) is 0 Å². The van der Waals surface area contributed by atoms with Crippen LogP contribution in [0.2, 0.25) is 0 Å². The minimum atomic E-state index is -0.407. The van der Waals surface area contributed by atoms with Crippen LogP contribution in [-0.4, -0.2) is 38.5 Å². The van der Waals surface area contributed by atoms with Gasteiger partial charge in [0.05, 0.1) is 19.3 Å². The number of alkyl carbamates (subject to hydrolysis) is 1. The number of hydrogen-bond acceptors (Lipinski definition) is 4. The lowest BCUT2D eigenvalue weighted by Gasteiger charge is -2.19. The van der Waals surface area contributed by atoms with Crippen molar-refractivity contribution >= 4 is 6.09 Å². The molecule has 25 heavy (non-hydrogen) atoms. The summed E-state index contributed by atoms with van der Waals surface area (Å²) in [6, 6.07) is 16.5. The molecule has 0 spiro atoms. The molecule has 1 saturated heterocycles. The van der Waals surface area contributed by atoms with Crippen molar-refractivity contribution in [1.29, 1.82) is 0 Å². The number of rotatable bonds is 4. The summed E-state index contributed by atoms with van der Waals surface area (Å²) in [5.74, 6) is 0.226. The molecule has 1 fully saturated rings. The first-order valence-electron chi connectivity index (χ1n) is 8.67. The maximum Gasteiger partial charge on any atom is 0.407 e. The van der Waals surface area contributed by atoms with E-state index < -0.39 is 6.09 Å². The summed E-state index contributed by atoms with van der Waals surface area (Å²) in [6.07, 6.45) is -0.407. The summed E-state index contributed by atoms with van der Waals surface area (Å²) in [7, 11) is 0. The molecule has 0 aromatic heterocycles. The number of hydrogen-bond donors (Lipinski definition) is 2. The molecule has 3 N–H and O–H groups in total. The van der Waals surface area contributed by atoms with Gasteiger partial charge in [-0.25, -0.2) is 4.79 Å². The average Bonchev–Trinajstić information content (AvgIpc) is 3.22. The van der Waals surface area contributed by atoms with Crippen LogP contribution in [0.1, 0.15) is 17.0 Å². The lowest BCUT2D eigenvalue weighted by Crippen LogP contribution is -2.42. The minimum Gasteiger partial charge on any atom is -0.449 e. The average molecular weight is 338 g/mol. The first-order valence-corrected chi connectivity index (χ1v) is 8.67. The molecule has 0 unspecified atom stereocenters. The minimum absolute atomic E-state index is 0.0688. The number of carbonyl (C=O) groups is 1. The Morgan fingerprint density at radius 1 is 1.08 bits per heavy atom. The molecule has 5 heteroatoms. The van der Waals surface area contributed by atoms with E-state index >= 15 is 0 Å². The van der Waals surface area contributed by atoms with Gasteiger partial charge in [-0.2, -0.15) is 0 Å². The van der Waals surface area contributed by atoms with Gasteiger partial charge in [0.25, 0.3) is 0 Å². The van der Waals surface area contributed by atoms with Crippen LogP contribution >= 0.6 is 0 Å². The number of amides is 1. The first kappa shape index (κ1) is 16.1. The summed E-state index contributed by atoms with van der Waals surface area (Å²) in [5, 5.41) is 2.89. The Hall–Kier alpha value is -2.37. The fourth-order valence-corrected chi connectivity index (χ4v) is 3.78. The Morgan fingerprint density at radius 2 is 1.72 bits per heavy atom. The zero-order chi connectivity index (χ0) is 17.2. The molecule has 0 radical (unpaired) electrons. The SMILES string of the molecule is NC[C@@H]1COC[C@H]1NC(=O)OCC1c2ccccc2-c2ccccc21. The van der Waals surface area contributed by atoms with Crippen molar-refractivity contribution in [3.8, 4) is 11.1 Å². The number of benzene rings is 2. The Labute approximate surface area is 147 Å². The van der Waals surface area contributed by atoms with Gasteiger partial charge in [0.1, 0.15) is 6.61 Å². The monoisotopic (exact) mass is 338 g/mol. The number of nitrogens with two attached hydrogens (primary N) is 1. The second-order valence-corrected chi connectivity index (χ2v) is 6.61. The van der Waals surface area contributed by atoms with Gasteiger partial charge in [-0.05, 0) is 28.8 Å². The van der Waals surface area contributed by atoms with E-state index in [1.165, 1.54) is 22.3 Å². The van der Waals surface area contributed by atoms with E-state index in [2.05, 4.69) is 29.6 Å². The molecule has 2 atom stereocenters. The molecule has 130 valence electrons. The highest BCUT2D eigenvalue weighted by Crippen LogP contribution is 2.44. The van der Waals surface area contributed by atoms with Crippen LogP contribution in [0.4, 0.5) is 4.79 Å². The zero-order valence-electron chi connectivity index (χ0n) is 14.0. The maximum atomic E-state index is 12.2. The van der Waals surface area contributed by atoms with Crippen molar-refractivity contribution in [2.75, 3.05) is 26.4 Å². The highest BCUT2D eigenvalue weighted by molar-refractivity contribution is 5.79. The quantitative estimate of drug-likeness (QED) is 0.898. The molecule has 0 bridgehead atoms. The maximum absolute atomic E-state index is 12.2. The van der Waals surface area contributed by atoms with Crippen LogP contribution in [0.15, 0.2) is 48.5 Å². The van der Waals surface area contributed by atoms with Crippen molar-refractivity contribution in [3.63, 3.8) is 0 Å². The van der Waals surface area contributed by atoms with Crippen molar-refractivity contribution in [2.45, 2.75) is 12.0 Å². The smallest absolute Gasteiger partial charge is 0.407 e. The van der Waals surface area contributed by atoms with Crippen molar-refractivity contribution in [1.82, 2.24) is 5.32 Å². The van der Waals surface area contributed by atoms with Crippen LogP contribution in [0.25, 0.3) is 11.1 Å². The Balaban J connectivity index is 1.45. The number of fused-ring (bicyclic) bond motifs is 3. The molecule has 2 aromatic carbocycles. The zero-order valence-corrected chi connectivity index (χ0v) is 14.0. The van der Waals surface area contributed by atoms with Crippen LogP contribution in [-0.2, 0) is 9.47 Å². The summed E-state index contributed by atoms with van der Waals surface area (Å²) in [6.45, 7) is 1.89. The molecule has 0 saturated carbocycles. The number of ether oxygens (including phenoxy) is 2. The Kier molecular flexibility index (Phi) is 4.42. The lowest BCUT2D eigenvalue weighted by molar-refractivity contribution is 0.135. The summed E-state index contributed by atoms with van der Waals surface area (Å²) < 4.78 is 10.9. The van der Waals surface area contributed by atoms with Crippen molar-refractivity contribution in [2.24, 2.45) is 11.7 Å². The second-order valence-electron chi connectivity index (χ2n) is 6.61. The molecule has 1 amide bonds. The predicted octanol–water partition coefficient (Wildman–Crippen LogP) is 2.50. The highest BCUT2D eigenvalue weighted by Gasteiger charge is 2.31. The molecule has 4 rings (SSSR count). The molecule has 2 aliphatic rings. The van der Waals surface area contributed by atoms with Crippen LogP contribution in [0.3, 0.4) is 0 Å². The molecular weight excluding hydrogens is 316 g/mol. The lowest BCUT2D eigenvalue weighted by atomic mass is 9.98. The van der Waals surface area contributed by atoms with Gasteiger partial charge in [0, 0.05) is 11.8 Å². The van der Waals surface area contributed by atoms with Crippen molar-refractivity contribution < 1.29 is 14.3 Å². The summed E-state index contributed by atoms with van der Waals surface area (Å²) in [4.78, 5) is 12.2. The van der Waals surface area contributed by atoms with Crippen molar-refractivity contribution in [3.05, 3.63) is 59.7 Å². The van der Waals surface area contributed by atoms with E-state index in [-0.39, 0.29) is 17.9 Å². The molecule has 1 aliphatic carbocycles. The third-order valence-electron chi connectivity index (χ3n) is 5.15. The Bertz CT molecular complexity index is 732. The standard InChI is InChI=1S/C20H22N2O3/c21-9-13-10-24-12-19(13)22-20(23)25-11-18-16-7-3-1-5-14(16)15-6-2-4-8-17(15)18/h1-8,13,18-19H,9-12,21H2,(H,22,23)/t13-,19-/m1/s1.